The van der Waals surface area contributed by atoms with E-state index in [4.69, 9.17) is 0 Å². The highest BCUT2D eigenvalue weighted by Gasteiger charge is 2.26. The van der Waals surface area contributed by atoms with E-state index in [-0.39, 0.29) is 5.78 Å². The van der Waals surface area contributed by atoms with Crippen LogP contribution >= 0.6 is 0 Å². The number of aromatic nitrogens is 2. The number of hydrogen-bond acceptors (Lipinski definition) is 2. The number of carbonyl (C=O) groups excluding carboxylic acids is 1. The zero-order valence-electron chi connectivity index (χ0n) is 8.58. The summed E-state index contributed by atoms with van der Waals surface area (Å²) in [4.78, 5) is 19.0. The number of rotatable bonds is 2. The lowest BCUT2D eigenvalue weighted by Gasteiger charge is -1.93. The van der Waals surface area contributed by atoms with Crippen LogP contribution in [0, 0.1) is 0 Å². The van der Waals surface area contributed by atoms with Gasteiger partial charge < -0.3 is 4.98 Å². The molecule has 0 radical (unpaired) electrons. The van der Waals surface area contributed by atoms with Gasteiger partial charge in [0.15, 0.2) is 5.78 Å². The molecule has 15 heavy (non-hydrogen) atoms. The van der Waals surface area contributed by atoms with E-state index in [0.717, 1.165) is 22.4 Å². The van der Waals surface area contributed by atoms with Crippen LogP contribution in [0.15, 0.2) is 18.2 Å². The lowest BCUT2D eigenvalue weighted by atomic mass is 10.1. The Morgan fingerprint density at radius 2 is 2.27 bits per heavy atom. The number of H-pyrrole nitrogens is 1. The molecule has 0 amide bonds. The average molecular weight is 200 g/mol. The first-order valence-corrected chi connectivity index (χ1v) is 5.24. The minimum absolute atomic E-state index is 0.0967. The fourth-order valence-corrected chi connectivity index (χ4v) is 1.80. The summed E-state index contributed by atoms with van der Waals surface area (Å²) in [5.74, 6) is 1.79. The molecule has 1 aromatic carbocycles. The minimum Gasteiger partial charge on any atom is -0.342 e. The van der Waals surface area contributed by atoms with Crippen molar-refractivity contribution in [3.05, 3.63) is 29.6 Å². The molecule has 1 heterocycles. The lowest BCUT2D eigenvalue weighted by Crippen LogP contribution is -1.90. The highest BCUT2D eigenvalue weighted by Crippen LogP contribution is 2.38. The van der Waals surface area contributed by atoms with Gasteiger partial charge in [-0.2, -0.15) is 0 Å². The molecule has 1 aliphatic carbocycles. The third-order valence-electron chi connectivity index (χ3n) is 2.87. The van der Waals surface area contributed by atoms with E-state index in [1.165, 1.54) is 12.8 Å². The Labute approximate surface area is 87.5 Å². The molecule has 3 nitrogen and oxygen atoms in total. The molecule has 0 spiro atoms. The third kappa shape index (κ3) is 1.44. The van der Waals surface area contributed by atoms with Crippen LogP contribution in [0.1, 0.15) is 41.9 Å². The van der Waals surface area contributed by atoms with Gasteiger partial charge in [-0.05, 0) is 38.0 Å². The van der Waals surface area contributed by atoms with Crippen molar-refractivity contribution in [1.82, 2.24) is 9.97 Å². The Morgan fingerprint density at radius 3 is 2.93 bits per heavy atom. The van der Waals surface area contributed by atoms with Crippen molar-refractivity contribution in [3.8, 4) is 0 Å². The number of ketones is 1. The maximum Gasteiger partial charge on any atom is 0.159 e. The molecule has 1 saturated carbocycles. The average Bonchev–Trinajstić information content (AvgIpc) is 2.97. The van der Waals surface area contributed by atoms with Gasteiger partial charge in [0.2, 0.25) is 0 Å². The maximum atomic E-state index is 11.2. The molecule has 0 bridgehead atoms. The number of nitrogens with zero attached hydrogens (tertiary/aromatic N) is 1. The second kappa shape index (κ2) is 2.92. The van der Waals surface area contributed by atoms with E-state index < -0.39 is 0 Å². The van der Waals surface area contributed by atoms with Crippen molar-refractivity contribution in [2.45, 2.75) is 25.7 Å². The summed E-state index contributed by atoms with van der Waals surface area (Å²) in [5, 5.41) is 0. The summed E-state index contributed by atoms with van der Waals surface area (Å²) in [6.07, 6.45) is 2.47. The predicted octanol–water partition coefficient (Wildman–Crippen LogP) is 2.64. The molecule has 0 aliphatic heterocycles. The molecule has 3 heteroatoms. The summed E-state index contributed by atoms with van der Waals surface area (Å²) >= 11 is 0. The smallest absolute Gasteiger partial charge is 0.159 e. The van der Waals surface area contributed by atoms with Crippen molar-refractivity contribution in [2.24, 2.45) is 0 Å². The Hall–Kier alpha value is -1.64. The summed E-state index contributed by atoms with van der Waals surface area (Å²) in [5.41, 5.74) is 2.68. The van der Waals surface area contributed by atoms with Crippen molar-refractivity contribution in [2.75, 3.05) is 0 Å². The highest BCUT2D eigenvalue weighted by atomic mass is 16.1. The maximum absolute atomic E-state index is 11.2. The highest BCUT2D eigenvalue weighted by molar-refractivity contribution is 5.97. The van der Waals surface area contributed by atoms with Gasteiger partial charge in [-0.15, -0.1) is 0 Å². The van der Waals surface area contributed by atoms with E-state index in [1.54, 1.807) is 6.92 Å². The van der Waals surface area contributed by atoms with E-state index in [9.17, 15) is 4.79 Å². The van der Waals surface area contributed by atoms with E-state index >= 15 is 0 Å². The molecule has 0 saturated heterocycles. The Kier molecular flexibility index (Phi) is 1.69. The van der Waals surface area contributed by atoms with Gasteiger partial charge in [-0.3, -0.25) is 4.79 Å². The Balaban J connectivity index is 2.13. The number of hydrogen-bond donors (Lipinski definition) is 1. The molecule has 3 rings (SSSR count). The van der Waals surface area contributed by atoms with Gasteiger partial charge >= 0.3 is 0 Å². The molecule has 2 aromatic rings. The third-order valence-corrected chi connectivity index (χ3v) is 2.87. The molecule has 1 N–H and O–H groups in total. The quantitative estimate of drug-likeness (QED) is 0.757. The van der Waals surface area contributed by atoms with E-state index in [2.05, 4.69) is 9.97 Å². The topological polar surface area (TPSA) is 45.8 Å². The predicted molar refractivity (Wildman–Crippen MR) is 58.1 cm³/mol. The number of nitrogens with one attached hydrogen (secondary N) is 1. The Morgan fingerprint density at radius 1 is 1.47 bits per heavy atom. The first kappa shape index (κ1) is 8.65. The fraction of sp³-hybridized carbons (Fsp3) is 0.333. The fourth-order valence-electron chi connectivity index (χ4n) is 1.80. The molecule has 0 atom stereocenters. The number of aromatic amines is 1. The second-order valence-electron chi connectivity index (χ2n) is 4.18. The van der Waals surface area contributed by atoms with Gasteiger partial charge in [0.25, 0.3) is 0 Å². The normalized spacial score (nSPS) is 15.8. The number of Topliss-reactive ketones (excluding diaryl/α,β-unsaturated/α-hetero) is 1. The number of fused-ring (bicyclic) bond motifs is 1. The van der Waals surface area contributed by atoms with Crippen LogP contribution in [0.3, 0.4) is 0 Å². The number of benzene rings is 1. The van der Waals surface area contributed by atoms with Crippen LogP contribution in [-0.2, 0) is 0 Å². The summed E-state index contributed by atoms with van der Waals surface area (Å²) in [6.45, 7) is 1.58. The van der Waals surface area contributed by atoms with Crippen molar-refractivity contribution >= 4 is 16.8 Å². The minimum atomic E-state index is 0.0967. The molecule has 0 unspecified atom stereocenters. The molecule has 1 aliphatic rings. The van der Waals surface area contributed by atoms with Crippen LogP contribution in [0.4, 0.5) is 0 Å². The zero-order valence-corrected chi connectivity index (χ0v) is 8.58. The SMILES string of the molecule is CC(=O)c1ccc2nc(C3CC3)[nH]c2c1. The molecule has 76 valence electrons. The standard InChI is InChI=1S/C12H12N2O/c1-7(15)9-4-5-10-11(6-9)14-12(13-10)8-2-3-8/h4-6,8H,2-3H2,1H3,(H,13,14). The largest absolute Gasteiger partial charge is 0.342 e. The molecular formula is C12H12N2O. The first-order valence-electron chi connectivity index (χ1n) is 5.24. The first-order chi connectivity index (χ1) is 7.24. The van der Waals surface area contributed by atoms with E-state index in [1.807, 2.05) is 18.2 Å². The Bertz CT molecular complexity index is 538. The van der Waals surface area contributed by atoms with Crippen LogP contribution in [0.2, 0.25) is 0 Å². The van der Waals surface area contributed by atoms with E-state index in [0.29, 0.717) is 5.92 Å². The summed E-state index contributed by atoms with van der Waals surface area (Å²) in [6, 6.07) is 5.63. The number of imidazole rings is 1. The van der Waals surface area contributed by atoms with Crippen molar-refractivity contribution in [3.63, 3.8) is 0 Å². The molecule has 1 fully saturated rings. The van der Waals surface area contributed by atoms with Crippen LogP contribution in [-0.4, -0.2) is 15.8 Å². The van der Waals surface area contributed by atoms with Crippen LogP contribution in [0.25, 0.3) is 11.0 Å². The zero-order chi connectivity index (χ0) is 10.4. The summed E-state index contributed by atoms with van der Waals surface area (Å²) in [7, 11) is 0. The van der Waals surface area contributed by atoms with Gasteiger partial charge in [-0.25, -0.2) is 4.98 Å². The molecule has 1 aromatic heterocycles. The lowest BCUT2D eigenvalue weighted by molar-refractivity contribution is 0.101. The van der Waals surface area contributed by atoms with Gasteiger partial charge in [0.1, 0.15) is 5.82 Å². The van der Waals surface area contributed by atoms with Crippen molar-refractivity contribution in [1.29, 1.82) is 0 Å². The van der Waals surface area contributed by atoms with Crippen molar-refractivity contribution < 1.29 is 4.79 Å². The second-order valence-corrected chi connectivity index (χ2v) is 4.18. The van der Waals surface area contributed by atoms with Gasteiger partial charge in [-0.1, -0.05) is 0 Å². The van der Waals surface area contributed by atoms with Gasteiger partial charge in [0.05, 0.1) is 11.0 Å². The summed E-state index contributed by atoms with van der Waals surface area (Å²) < 4.78 is 0. The number of carbonyl (C=O) groups is 1. The van der Waals surface area contributed by atoms with Crippen LogP contribution < -0.4 is 0 Å². The van der Waals surface area contributed by atoms with Crippen LogP contribution in [0.5, 0.6) is 0 Å². The van der Waals surface area contributed by atoms with Gasteiger partial charge in [0, 0.05) is 11.5 Å². The molecular weight excluding hydrogens is 188 g/mol. The monoisotopic (exact) mass is 200 g/mol.